The first-order valence-electron chi connectivity index (χ1n) is 7.51. The minimum Gasteiger partial charge on any atom is -0.497 e. The molecule has 1 aliphatic heterocycles. The number of aliphatic hydroxyl groups excluding tert-OH is 1. The van der Waals surface area contributed by atoms with Gasteiger partial charge in [0.15, 0.2) is 0 Å². The van der Waals surface area contributed by atoms with Crippen LogP contribution in [0.5, 0.6) is 11.5 Å². The highest BCUT2D eigenvalue weighted by Crippen LogP contribution is 2.39. The molecule has 0 bridgehead atoms. The quantitative estimate of drug-likeness (QED) is 0.738. The summed E-state index contributed by atoms with van der Waals surface area (Å²) in [6.45, 7) is 1.92. The molecule has 0 radical (unpaired) electrons. The van der Waals surface area contributed by atoms with Crippen LogP contribution < -0.4 is 14.8 Å². The van der Waals surface area contributed by atoms with Crippen molar-refractivity contribution in [2.75, 3.05) is 27.4 Å². The van der Waals surface area contributed by atoms with Crippen molar-refractivity contribution in [1.82, 2.24) is 10.2 Å². The van der Waals surface area contributed by atoms with Gasteiger partial charge in [-0.2, -0.15) is 0 Å². The molecule has 2 rings (SSSR count). The maximum atomic E-state index is 12.9. The molecule has 7 nitrogen and oxygen atoms in total. The Labute approximate surface area is 135 Å². The van der Waals surface area contributed by atoms with Crippen molar-refractivity contribution < 1.29 is 24.2 Å². The van der Waals surface area contributed by atoms with Gasteiger partial charge in [-0.15, -0.1) is 0 Å². The third kappa shape index (κ3) is 2.84. The molecule has 1 unspecified atom stereocenters. The highest BCUT2D eigenvalue weighted by molar-refractivity contribution is 6.07. The van der Waals surface area contributed by atoms with Crippen LogP contribution in [0.2, 0.25) is 0 Å². The van der Waals surface area contributed by atoms with E-state index in [9.17, 15) is 9.59 Å². The number of urea groups is 1. The van der Waals surface area contributed by atoms with Crippen LogP contribution in [0.4, 0.5) is 4.79 Å². The number of benzene rings is 1. The number of carbonyl (C=O) groups is 2. The normalized spacial score (nSPS) is 20.6. The molecule has 0 saturated carbocycles. The van der Waals surface area contributed by atoms with Gasteiger partial charge in [0.05, 0.1) is 14.2 Å². The van der Waals surface area contributed by atoms with Crippen LogP contribution in [0.15, 0.2) is 18.2 Å². The molecule has 3 amide bonds. The highest BCUT2D eigenvalue weighted by Gasteiger charge is 2.52. The number of methoxy groups -OCH3 is 2. The molecule has 1 aliphatic rings. The number of hydrogen-bond acceptors (Lipinski definition) is 5. The average Bonchev–Trinajstić information content (AvgIpc) is 2.83. The van der Waals surface area contributed by atoms with E-state index >= 15 is 0 Å². The Bertz CT molecular complexity index is 604. The van der Waals surface area contributed by atoms with Crippen molar-refractivity contribution in [3.63, 3.8) is 0 Å². The zero-order valence-electron chi connectivity index (χ0n) is 13.6. The molecule has 1 saturated heterocycles. The fourth-order valence-corrected chi connectivity index (χ4v) is 2.82. The number of aliphatic hydroxyl groups is 1. The van der Waals surface area contributed by atoms with Crippen LogP contribution in [-0.2, 0) is 10.3 Å². The predicted octanol–water partition coefficient (Wildman–Crippen LogP) is 1.24. The van der Waals surface area contributed by atoms with Gasteiger partial charge >= 0.3 is 6.03 Å². The summed E-state index contributed by atoms with van der Waals surface area (Å²) in [6.07, 6.45) is 0.713. The van der Waals surface area contributed by atoms with Gasteiger partial charge < -0.3 is 19.9 Å². The lowest BCUT2D eigenvalue weighted by Gasteiger charge is -2.27. The predicted molar refractivity (Wildman–Crippen MR) is 83.5 cm³/mol. The fraction of sp³-hybridized carbons (Fsp3) is 0.500. The van der Waals surface area contributed by atoms with E-state index in [0.717, 1.165) is 4.90 Å². The van der Waals surface area contributed by atoms with Crippen molar-refractivity contribution in [3.8, 4) is 11.5 Å². The van der Waals surface area contributed by atoms with Crippen molar-refractivity contribution >= 4 is 11.9 Å². The number of nitrogens with zero attached hydrogens (tertiary/aromatic N) is 1. The summed E-state index contributed by atoms with van der Waals surface area (Å²) in [5.41, 5.74) is -0.626. The lowest BCUT2D eigenvalue weighted by atomic mass is 9.86. The third-order valence-electron chi connectivity index (χ3n) is 4.11. The maximum absolute atomic E-state index is 12.9. The number of ether oxygens (including phenoxy) is 2. The molecule has 1 aromatic rings. The molecule has 2 N–H and O–H groups in total. The Morgan fingerprint density at radius 3 is 2.57 bits per heavy atom. The number of nitrogens with one attached hydrogen (secondary N) is 1. The number of hydrogen-bond donors (Lipinski definition) is 2. The van der Waals surface area contributed by atoms with E-state index in [-0.39, 0.29) is 19.1 Å². The summed E-state index contributed by atoms with van der Waals surface area (Å²) in [7, 11) is 3.05. The van der Waals surface area contributed by atoms with Gasteiger partial charge in [0.2, 0.25) is 0 Å². The van der Waals surface area contributed by atoms with E-state index in [1.807, 2.05) is 6.92 Å². The average molecular weight is 322 g/mol. The van der Waals surface area contributed by atoms with E-state index in [1.54, 1.807) is 18.2 Å². The van der Waals surface area contributed by atoms with Gasteiger partial charge in [0.1, 0.15) is 17.0 Å². The van der Waals surface area contributed by atoms with Crippen LogP contribution in [0.3, 0.4) is 0 Å². The van der Waals surface area contributed by atoms with Gasteiger partial charge in [-0.25, -0.2) is 4.79 Å². The lowest BCUT2D eigenvalue weighted by molar-refractivity contribution is -0.131. The van der Waals surface area contributed by atoms with E-state index in [2.05, 4.69) is 5.32 Å². The number of amides is 3. The van der Waals surface area contributed by atoms with Gasteiger partial charge in [-0.3, -0.25) is 9.69 Å². The Hall–Kier alpha value is -2.28. The first-order chi connectivity index (χ1) is 11.0. The standard InChI is InChI=1S/C16H22N2O5/c1-4-16(12-10-11(22-2)6-7-13(12)23-3)14(20)18(8-5-9-19)15(21)17-16/h6-7,10,19H,4-5,8-9H2,1-3H3,(H,17,21). The SMILES string of the molecule is CCC1(c2cc(OC)ccc2OC)NC(=O)N(CCCO)C1=O. The topological polar surface area (TPSA) is 88.1 Å². The molecule has 1 heterocycles. The number of rotatable bonds is 7. The largest absolute Gasteiger partial charge is 0.497 e. The van der Waals surface area contributed by atoms with E-state index in [4.69, 9.17) is 14.6 Å². The number of carbonyl (C=O) groups excluding carboxylic acids is 2. The van der Waals surface area contributed by atoms with Crippen molar-refractivity contribution in [1.29, 1.82) is 0 Å². The highest BCUT2D eigenvalue weighted by atomic mass is 16.5. The van der Waals surface area contributed by atoms with Gasteiger partial charge in [-0.05, 0) is 31.0 Å². The second-order valence-electron chi connectivity index (χ2n) is 5.29. The Morgan fingerprint density at radius 2 is 2.00 bits per heavy atom. The maximum Gasteiger partial charge on any atom is 0.325 e. The summed E-state index contributed by atoms with van der Waals surface area (Å²) in [4.78, 5) is 26.3. The smallest absolute Gasteiger partial charge is 0.325 e. The molecular formula is C16H22N2O5. The van der Waals surface area contributed by atoms with Gasteiger partial charge in [0.25, 0.3) is 5.91 Å². The summed E-state index contributed by atoms with van der Waals surface area (Å²) < 4.78 is 10.6. The zero-order valence-corrected chi connectivity index (χ0v) is 13.6. The van der Waals surface area contributed by atoms with E-state index in [1.165, 1.54) is 14.2 Å². The molecule has 1 atom stereocenters. The molecule has 0 spiro atoms. The molecule has 23 heavy (non-hydrogen) atoms. The summed E-state index contributed by atoms with van der Waals surface area (Å²) in [5.74, 6) is 0.736. The Kier molecular flexibility index (Phi) is 5.10. The molecule has 0 aromatic heterocycles. The molecule has 1 fully saturated rings. The summed E-state index contributed by atoms with van der Waals surface area (Å²) in [6, 6.07) is 4.68. The lowest BCUT2D eigenvalue weighted by Crippen LogP contribution is -2.43. The summed E-state index contributed by atoms with van der Waals surface area (Å²) in [5, 5.41) is 11.7. The van der Waals surface area contributed by atoms with Crippen molar-refractivity contribution in [2.24, 2.45) is 0 Å². The van der Waals surface area contributed by atoms with Crippen LogP contribution in [0.1, 0.15) is 25.3 Å². The van der Waals surface area contributed by atoms with Crippen molar-refractivity contribution in [3.05, 3.63) is 23.8 Å². The Balaban J connectivity index is 2.50. The van der Waals surface area contributed by atoms with E-state index < -0.39 is 11.6 Å². The minimum absolute atomic E-state index is 0.0847. The molecule has 126 valence electrons. The number of imide groups is 1. The van der Waals surface area contributed by atoms with Crippen LogP contribution >= 0.6 is 0 Å². The first kappa shape index (κ1) is 17.1. The first-order valence-corrected chi connectivity index (χ1v) is 7.51. The van der Waals surface area contributed by atoms with Crippen molar-refractivity contribution in [2.45, 2.75) is 25.3 Å². The van der Waals surface area contributed by atoms with Gasteiger partial charge in [0, 0.05) is 18.7 Å². The van der Waals surface area contributed by atoms with Crippen LogP contribution in [0.25, 0.3) is 0 Å². The zero-order chi connectivity index (χ0) is 17.0. The van der Waals surface area contributed by atoms with Crippen LogP contribution in [-0.4, -0.2) is 49.3 Å². The monoisotopic (exact) mass is 322 g/mol. The third-order valence-corrected chi connectivity index (χ3v) is 4.11. The fourth-order valence-electron chi connectivity index (χ4n) is 2.82. The second kappa shape index (κ2) is 6.87. The summed E-state index contributed by atoms with van der Waals surface area (Å²) >= 11 is 0. The molecule has 7 heteroatoms. The Morgan fingerprint density at radius 1 is 1.26 bits per heavy atom. The van der Waals surface area contributed by atoms with E-state index in [0.29, 0.717) is 29.9 Å². The molecular weight excluding hydrogens is 300 g/mol. The second-order valence-corrected chi connectivity index (χ2v) is 5.29. The molecule has 1 aromatic carbocycles. The van der Waals surface area contributed by atoms with Gasteiger partial charge in [-0.1, -0.05) is 6.92 Å². The molecule has 0 aliphatic carbocycles. The van der Waals surface area contributed by atoms with Crippen LogP contribution in [0, 0.1) is 0 Å². The minimum atomic E-state index is -1.19.